The minimum Gasteiger partial charge on any atom is -0.393 e. The zero-order valence-electron chi connectivity index (χ0n) is 13.9. The van der Waals surface area contributed by atoms with Crippen molar-refractivity contribution in [1.29, 1.82) is 0 Å². The third kappa shape index (κ3) is 5.06. The number of aliphatic hydroxyl groups is 1. The number of amides is 2. The summed E-state index contributed by atoms with van der Waals surface area (Å²) in [5.74, 6) is 0.253. The Balaban J connectivity index is 1.91. The minimum absolute atomic E-state index is 0.126. The van der Waals surface area contributed by atoms with E-state index in [2.05, 4.69) is 5.32 Å². The van der Waals surface area contributed by atoms with Crippen LogP contribution >= 0.6 is 0 Å². The molecule has 1 aromatic carbocycles. The molecule has 0 aromatic heterocycles. The molecule has 1 heterocycles. The first-order chi connectivity index (χ1) is 11.0. The predicted octanol–water partition coefficient (Wildman–Crippen LogP) is 2.34. The summed E-state index contributed by atoms with van der Waals surface area (Å²) in [6.07, 6.45) is 2.89. The maximum absolute atomic E-state index is 12.1. The molecule has 126 valence electrons. The molecular weight excluding hydrogens is 292 g/mol. The summed E-state index contributed by atoms with van der Waals surface area (Å²) in [6.45, 7) is 5.04. The van der Waals surface area contributed by atoms with Crippen LogP contribution in [0.2, 0.25) is 0 Å². The summed E-state index contributed by atoms with van der Waals surface area (Å²) in [5.41, 5.74) is 1.44. The molecule has 5 nitrogen and oxygen atoms in total. The van der Waals surface area contributed by atoms with Gasteiger partial charge in [-0.25, -0.2) is 0 Å². The van der Waals surface area contributed by atoms with E-state index in [0.29, 0.717) is 24.9 Å². The first kappa shape index (κ1) is 17.5. The Morgan fingerprint density at radius 2 is 1.96 bits per heavy atom. The molecule has 0 radical (unpaired) electrons. The molecule has 2 unspecified atom stereocenters. The number of carbonyl (C=O) groups excluding carboxylic acids is 2. The molecule has 5 heteroatoms. The largest absolute Gasteiger partial charge is 0.393 e. The van der Waals surface area contributed by atoms with E-state index in [1.165, 1.54) is 0 Å². The average Bonchev–Trinajstić information content (AvgIpc) is 2.53. The predicted molar refractivity (Wildman–Crippen MR) is 90.4 cm³/mol. The van der Waals surface area contributed by atoms with Crippen molar-refractivity contribution < 1.29 is 14.7 Å². The van der Waals surface area contributed by atoms with Crippen molar-refractivity contribution in [2.45, 2.75) is 45.6 Å². The molecule has 0 aliphatic carbocycles. The van der Waals surface area contributed by atoms with Gasteiger partial charge in [-0.3, -0.25) is 9.59 Å². The molecule has 2 N–H and O–H groups in total. The van der Waals surface area contributed by atoms with Crippen LogP contribution in [0.15, 0.2) is 24.3 Å². The van der Waals surface area contributed by atoms with Gasteiger partial charge >= 0.3 is 0 Å². The number of aliphatic hydroxyl groups excluding tert-OH is 1. The van der Waals surface area contributed by atoms with Crippen LogP contribution in [0.1, 0.15) is 49.9 Å². The molecule has 0 saturated carbocycles. The summed E-state index contributed by atoms with van der Waals surface area (Å²) in [7, 11) is 0. The van der Waals surface area contributed by atoms with E-state index in [0.717, 1.165) is 25.1 Å². The minimum atomic E-state index is -0.358. The molecule has 23 heavy (non-hydrogen) atoms. The van der Waals surface area contributed by atoms with Crippen LogP contribution in [-0.4, -0.2) is 36.1 Å². The molecule has 2 rings (SSSR count). The van der Waals surface area contributed by atoms with Gasteiger partial charge in [-0.05, 0) is 56.4 Å². The topological polar surface area (TPSA) is 69.6 Å². The van der Waals surface area contributed by atoms with Crippen molar-refractivity contribution in [2.75, 3.05) is 18.0 Å². The molecule has 2 atom stereocenters. The Morgan fingerprint density at radius 1 is 1.26 bits per heavy atom. The molecule has 1 aliphatic rings. The lowest BCUT2D eigenvalue weighted by molar-refractivity contribution is -0.119. The highest BCUT2D eigenvalue weighted by Gasteiger charge is 2.19. The van der Waals surface area contributed by atoms with Crippen LogP contribution in [0, 0.1) is 5.92 Å². The van der Waals surface area contributed by atoms with Gasteiger partial charge in [0, 0.05) is 30.8 Å². The third-order valence-electron chi connectivity index (χ3n) is 4.12. The molecule has 1 aliphatic heterocycles. The van der Waals surface area contributed by atoms with Gasteiger partial charge in [0.15, 0.2) is 0 Å². The van der Waals surface area contributed by atoms with Gasteiger partial charge in [-0.2, -0.15) is 0 Å². The number of nitrogens with one attached hydrogen (secondary N) is 1. The number of hydrogen-bond donors (Lipinski definition) is 2. The van der Waals surface area contributed by atoms with Gasteiger partial charge in [-0.1, -0.05) is 6.92 Å². The van der Waals surface area contributed by atoms with E-state index in [-0.39, 0.29) is 23.8 Å². The summed E-state index contributed by atoms with van der Waals surface area (Å²) < 4.78 is 0. The van der Waals surface area contributed by atoms with Crippen LogP contribution in [0.5, 0.6) is 0 Å². The fourth-order valence-electron chi connectivity index (χ4n) is 2.91. The number of anilines is 1. The fourth-order valence-corrected chi connectivity index (χ4v) is 2.91. The van der Waals surface area contributed by atoms with Crippen molar-refractivity contribution in [2.24, 2.45) is 5.92 Å². The van der Waals surface area contributed by atoms with Gasteiger partial charge in [0.2, 0.25) is 5.91 Å². The lowest BCUT2D eigenvalue weighted by atomic mass is 10.0. The first-order valence-corrected chi connectivity index (χ1v) is 8.34. The summed E-state index contributed by atoms with van der Waals surface area (Å²) in [5, 5.41) is 12.2. The maximum Gasteiger partial charge on any atom is 0.251 e. The Kier molecular flexibility index (Phi) is 6.16. The van der Waals surface area contributed by atoms with Crippen molar-refractivity contribution in [1.82, 2.24) is 5.32 Å². The second-order valence-corrected chi connectivity index (χ2v) is 6.45. The standard InChI is InChI=1S/C18H26N2O3/c1-13(11-14(2)21)12-19-18(23)15-6-8-16(9-7-15)20-10-4-3-5-17(20)22/h6-9,13-14,21H,3-5,10-12H2,1-2H3,(H,19,23). The zero-order chi connectivity index (χ0) is 16.8. The van der Waals surface area contributed by atoms with Crippen LogP contribution in [0.25, 0.3) is 0 Å². The number of rotatable bonds is 6. The summed E-state index contributed by atoms with van der Waals surface area (Å²) in [4.78, 5) is 25.8. The number of piperidine rings is 1. The maximum atomic E-state index is 12.1. The molecular formula is C18H26N2O3. The zero-order valence-corrected chi connectivity index (χ0v) is 13.9. The lowest BCUT2D eigenvalue weighted by Gasteiger charge is -2.26. The van der Waals surface area contributed by atoms with Crippen LogP contribution < -0.4 is 10.2 Å². The van der Waals surface area contributed by atoms with E-state index < -0.39 is 0 Å². The fraction of sp³-hybridized carbons (Fsp3) is 0.556. The lowest BCUT2D eigenvalue weighted by Crippen LogP contribution is -2.35. The number of carbonyl (C=O) groups is 2. The van der Waals surface area contributed by atoms with Crippen LogP contribution in [-0.2, 0) is 4.79 Å². The number of hydrogen-bond acceptors (Lipinski definition) is 3. The Labute approximate surface area is 137 Å². The second kappa shape index (κ2) is 8.11. The van der Waals surface area contributed by atoms with Crippen molar-refractivity contribution in [3.8, 4) is 0 Å². The second-order valence-electron chi connectivity index (χ2n) is 6.45. The third-order valence-corrected chi connectivity index (χ3v) is 4.12. The summed E-state index contributed by atoms with van der Waals surface area (Å²) in [6, 6.07) is 7.17. The normalized spacial score (nSPS) is 17.7. The first-order valence-electron chi connectivity index (χ1n) is 8.34. The van der Waals surface area contributed by atoms with Gasteiger partial charge in [0.1, 0.15) is 0 Å². The SMILES string of the molecule is CC(O)CC(C)CNC(=O)c1ccc(N2CCCCC2=O)cc1. The van der Waals surface area contributed by atoms with E-state index in [1.54, 1.807) is 24.0 Å². The molecule has 2 amide bonds. The van der Waals surface area contributed by atoms with Crippen molar-refractivity contribution >= 4 is 17.5 Å². The van der Waals surface area contributed by atoms with Crippen LogP contribution in [0.4, 0.5) is 5.69 Å². The molecule has 1 saturated heterocycles. The van der Waals surface area contributed by atoms with Gasteiger partial charge < -0.3 is 15.3 Å². The van der Waals surface area contributed by atoms with E-state index in [1.807, 2.05) is 19.1 Å². The highest BCUT2D eigenvalue weighted by atomic mass is 16.3. The van der Waals surface area contributed by atoms with E-state index in [4.69, 9.17) is 0 Å². The highest BCUT2D eigenvalue weighted by molar-refractivity contribution is 5.96. The van der Waals surface area contributed by atoms with Gasteiger partial charge in [0.25, 0.3) is 5.91 Å². The molecule has 0 bridgehead atoms. The molecule has 0 spiro atoms. The monoisotopic (exact) mass is 318 g/mol. The van der Waals surface area contributed by atoms with Crippen LogP contribution in [0.3, 0.4) is 0 Å². The Bertz CT molecular complexity index is 540. The highest BCUT2D eigenvalue weighted by Crippen LogP contribution is 2.21. The van der Waals surface area contributed by atoms with E-state index in [9.17, 15) is 14.7 Å². The van der Waals surface area contributed by atoms with Gasteiger partial charge in [-0.15, -0.1) is 0 Å². The Hall–Kier alpha value is -1.88. The number of benzene rings is 1. The Morgan fingerprint density at radius 3 is 2.57 bits per heavy atom. The summed E-state index contributed by atoms with van der Waals surface area (Å²) >= 11 is 0. The smallest absolute Gasteiger partial charge is 0.251 e. The van der Waals surface area contributed by atoms with E-state index >= 15 is 0 Å². The van der Waals surface area contributed by atoms with Gasteiger partial charge in [0.05, 0.1) is 6.10 Å². The molecule has 1 fully saturated rings. The quantitative estimate of drug-likeness (QED) is 0.846. The molecule has 1 aromatic rings. The number of nitrogens with zero attached hydrogens (tertiary/aromatic N) is 1. The average molecular weight is 318 g/mol. The van der Waals surface area contributed by atoms with Crippen molar-refractivity contribution in [3.63, 3.8) is 0 Å². The van der Waals surface area contributed by atoms with Crippen molar-refractivity contribution in [3.05, 3.63) is 29.8 Å².